The Morgan fingerprint density at radius 2 is 2.12 bits per heavy atom. The van der Waals surface area contributed by atoms with E-state index in [1.165, 1.54) is 23.9 Å². The van der Waals surface area contributed by atoms with E-state index < -0.39 is 15.7 Å². The van der Waals surface area contributed by atoms with Crippen molar-refractivity contribution in [2.75, 3.05) is 17.8 Å². The van der Waals surface area contributed by atoms with Crippen LogP contribution in [0.2, 0.25) is 0 Å². The summed E-state index contributed by atoms with van der Waals surface area (Å²) in [5.41, 5.74) is 0.249. The number of benzene rings is 1. The van der Waals surface area contributed by atoms with Gasteiger partial charge in [0, 0.05) is 22.5 Å². The molecule has 0 aliphatic rings. The molecule has 0 spiro atoms. The maximum atomic E-state index is 12.8. The predicted molar refractivity (Wildman–Crippen MR) is 62.2 cm³/mol. The van der Waals surface area contributed by atoms with Crippen LogP contribution < -0.4 is 0 Å². The summed E-state index contributed by atoms with van der Waals surface area (Å²) in [5, 5.41) is 0. The SMILES string of the molecule is CS(=O)(=O)CCSc1ccc(F)cc1C=O. The van der Waals surface area contributed by atoms with E-state index in [1.807, 2.05) is 0 Å². The summed E-state index contributed by atoms with van der Waals surface area (Å²) >= 11 is 1.23. The van der Waals surface area contributed by atoms with Gasteiger partial charge in [-0.25, -0.2) is 12.8 Å². The molecule has 6 heteroatoms. The van der Waals surface area contributed by atoms with Gasteiger partial charge in [0.1, 0.15) is 15.7 Å². The smallest absolute Gasteiger partial charge is 0.151 e. The van der Waals surface area contributed by atoms with Crippen molar-refractivity contribution in [2.45, 2.75) is 4.90 Å². The number of rotatable bonds is 5. The summed E-state index contributed by atoms with van der Waals surface area (Å²) < 4.78 is 34.6. The van der Waals surface area contributed by atoms with Crippen LogP contribution in [0.25, 0.3) is 0 Å². The molecule has 0 N–H and O–H groups in total. The van der Waals surface area contributed by atoms with Gasteiger partial charge in [-0.15, -0.1) is 11.8 Å². The van der Waals surface area contributed by atoms with Crippen LogP contribution in [0, 0.1) is 5.82 Å². The third-order valence-electron chi connectivity index (χ3n) is 1.81. The number of hydrogen-bond donors (Lipinski definition) is 0. The first kappa shape index (κ1) is 13.2. The van der Waals surface area contributed by atoms with Crippen LogP contribution in [0.1, 0.15) is 10.4 Å². The average molecular weight is 262 g/mol. The van der Waals surface area contributed by atoms with E-state index in [-0.39, 0.29) is 11.3 Å². The highest BCUT2D eigenvalue weighted by Crippen LogP contribution is 2.22. The van der Waals surface area contributed by atoms with Gasteiger partial charge in [-0.1, -0.05) is 0 Å². The summed E-state index contributed by atoms with van der Waals surface area (Å²) in [6.45, 7) is 0. The molecule has 0 radical (unpaired) electrons. The normalized spacial score (nSPS) is 11.4. The van der Waals surface area contributed by atoms with E-state index >= 15 is 0 Å². The van der Waals surface area contributed by atoms with Gasteiger partial charge in [0.05, 0.1) is 5.75 Å². The van der Waals surface area contributed by atoms with Gasteiger partial charge in [-0.2, -0.15) is 0 Å². The van der Waals surface area contributed by atoms with Crippen molar-refractivity contribution in [1.82, 2.24) is 0 Å². The zero-order valence-electron chi connectivity index (χ0n) is 8.64. The molecule has 0 amide bonds. The second-order valence-corrected chi connectivity index (χ2v) is 6.67. The average Bonchev–Trinajstić information content (AvgIpc) is 2.18. The molecule has 1 aromatic carbocycles. The quantitative estimate of drug-likeness (QED) is 0.599. The molecule has 0 heterocycles. The number of halogens is 1. The van der Waals surface area contributed by atoms with Gasteiger partial charge in [0.25, 0.3) is 0 Å². The summed E-state index contributed by atoms with van der Waals surface area (Å²) in [6, 6.07) is 3.86. The van der Waals surface area contributed by atoms with Crippen molar-refractivity contribution in [3.05, 3.63) is 29.6 Å². The minimum absolute atomic E-state index is 0.0351. The van der Waals surface area contributed by atoms with Crippen molar-refractivity contribution in [3.63, 3.8) is 0 Å². The van der Waals surface area contributed by atoms with E-state index in [9.17, 15) is 17.6 Å². The lowest BCUT2D eigenvalue weighted by Gasteiger charge is -2.03. The maximum Gasteiger partial charge on any atom is 0.151 e. The Bertz CT molecular complexity index is 483. The third-order valence-corrected chi connectivity index (χ3v) is 4.11. The molecule has 0 atom stereocenters. The van der Waals surface area contributed by atoms with Gasteiger partial charge in [0.15, 0.2) is 6.29 Å². The lowest BCUT2D eigenvalue weighted by molar-refractivity contribution is 0.112. The molecule has 16 heavy (non-hydrogen) atoms. The third kappa shape index (κ3) is 4.32. The number of carbonyl (C=O) groups is 1. The molecule has 0 unspecified atom stereocenters. The molecule has 0 saturated carbocycles. The predicted octanol–water partition coefficient (Wildman–Crippen LogP) is 1.77. The fraction of sp³-hybridized carbons (Fsp3) is 0.300. The van der Waals surface area contributed by atoms with Crippen molar-refractivity contribution in [1.29, 1.82) is 0 Å². The maximum absolute atomic E-state index is 12.8. The molecule has 3 nitrogen and oxygen atoms in total. The standard InChI is InChI=1S/C10H11FO3S2/c1-16(13,14)5-4-15-10-3-2-9(11)6-8(10)7-12/h2-3,6-7H,4-5H2,1H3. The Morgan fingerprint density at radius 3 is 2.69 bits per heavy atom. The molecule has 0 aliphatic heterocycles. The summed E-state index contributed by atoms with van der Waals surface area (Å²) in [5.74, 6) is -0.0897. The molecule has 0 bridgehead atoms. The summed E-state index contributed by atoms with van der Waals surface area (Å²) in [7, 11) is -3.01. The van der Waals surface area contributed by atoms with Crippen molar-refractivity contribution in [3.8, 4) is 0 Å². The largest absolute Gasteiger partial charge is 0.298 e. The molecule has 0 saturated heterocycles. The van der Waals surface area contributed by atoms with E-state index in [0.717, 1.165) is 12.3 Å². The molecule has 0 aromatic heterocycles. The molecular weight excluding hydrogens is 251 g/mol. The minimum Gasteiger partial charge on any atom is -0.298 e. The molecule has 0 aliphatic carbocycles. The lowest BCUT2D eigenvalue weighted by Crippen LogP contribution is -2.05. The molecule has 1 rings (SSSR count). The van der Waals surface area contributed by atoms with Crippen molar-refractivity contribution in [2.24, 2.45) is 0 Å². The van der Waals surface area contributed by atoms with Crippen LogP contribution in [-0.2, 0) is 9.84 Å². The second kappa shape index (κ2) is 5.45. The van der Waals surface area contributed by atoms with Crippen molar-refractivity contribution < 1.29 is 17.6 Å². The van der Waals surface area contributed by atoms with Crippen LogP contribution in [0.5, 0.6) is 0 Å². The Balaban J connectivity index is 2.70. The Hall–Kier alpha value is -0.880. The van der Waals surface area contributed by atoms with Crippen LogP contribution in [0.3, 0.4) is 0 Å². The summed E-state index contributed by atoms with van der Waals surface area (Å²) in [6.07, 6.45) is 1.71. The second-order valence-electron chi connectivity index (χ2n) is 3.28. The molecule has 88 valence electrons. The topological polar surface area (TPSA) is 51.2 Å². The van der Waals surface area contributed by atoms with E-state index in [2.05, 4.69) is 0 Å². The number of aldehydes is 1. The van der Waals surface area contributed by atoms with Gasteiger partial charge >= 0.3 is 0 Å². The molecule has 0 fully saturated rings. The first-order valence-electron chi connectivity index (χ1n) is 4.47. The fourth-order valence-corrected chi connectivity index (χ4v) is 3.25. The van der Waals surface area contributed by atoms with Gasteiger partial charge in [-0.05, 0) is 18.2 Å². The van der Waals surface area contributed by atoms with Crippen LogP contribution in [0.15, 0.2) is 23.1 Å². The van der Waals surface area contributed by atoms with Crippen molar-refractivity contribution >= 4 is 27.9 Å². The highest BCUT2D eigenvalue weighted by molar-refractivity contribution is 8.00. The van der Waals surface area contributed by atoms with E-state index in [1.54, 1.807) is 0 Å². The highest BCUT2D eigenvalue weighted by Gasteiger charge is 2.06. The Kier molecular flexibility index (Phi) is 4.49. The number of thioether (sulfide) groups is 1. The first-order valence-corrected chi connectivity index (χ1v) is 7.52. The summed E-state index contributed by atoms with van der Waals surface area (Å²) in [4.78, 5) is 11.2. The van der Waals surface area contributed by atoms with Crippen LogP contribution >= 0.6 is 11.8 Å². The zero-order valence-corrected chi connectivity index (χ0v) is 10.3. The highest BCUT2D eigenvalue weighted by atomic mass is 32.2. The fourth-order valence-electron chi connectivity index (χ4n) is 1.05. The monoisotopic (exact) mass is 262 g/mol. The van der Waals surface area contributed by atoms with Crippen LogP contribution in [-0.4, -0.2) is 32.5 Å². The molecule has 1 aromatic rings. The van der Waals surface area contributed by atoms with Gasteiger partial charge in [-0.3, -0.25) is 4.79 Å². The van der Waals surface area contributed by atoms with Gasteiger partial charge in [0.2, 0.25) is 0 Å². The first-order chi connectivity index (χ1) is 7.42. The molecular formula is C10H11FO3S2. The number of sulfone groups is 1. The van der Waals surface area contributed by atoms with E-state index in [4.69, 9.17) is 0 Å². The van der Waals surface area contributed by atoms with Gasteiger partial charge < -0.3 is 0 Å². The zero-order chi connectivity index (χ0) is 12.2. The number of carbonyl (C=O) groups excluding carboxylic acids is 1. The lowest BCUT2D eigenvalue weighted by atomic mass is 10.2. The van der Waals surface area contributed by atoms with E-state index in [0.29, 0.717) is 16.9 Å². The Labute approximate surface area is 98.0 Å². The van der Waals surface area contributed by atoms with Crippen LogP contribution in [0.4, 0.5) is 4.39 Å². The minimum atomic E-state index is -3.01. The Morgan fingerprint density at radius 1 is 1.44 bits per heavy atom. The number of hydrogen-bond acceptors (Lipinski definition) is 4.